The molecule has 2 aliphatic heterocycles. The Morgan fingerprint density at radius 3 is 2.34 bits per heavy atom. The van der Waals surface area contributed by atoms with E-state index in [1.807, 2.05) is 31.2 Å². The Morgan fingerprint density at radius 2 is 1.69 bits per heavy atom. The predicted octanol–water partition coefficient (Wildman–Crippen LogP) is 3.79. The van der Waals surface area contributed by atoms with Gasteiger partial charge in [0.25, 0.3) is 11.7 Å². The molecule has 0 aliphatic carbocycles. The van der Waals surface area contributed by atoms with Crippen LogP contribution in [0.4, 0.5) is 0 Å². The summed E-state index contributed by atoms with van der Waals surface area (Å²) in [5.41, 5.74) is 2.46. The number of rotatable bonds is 6. The molecule has 2 aliphatic rings. The summed E-state index contributed by atoms with van der Waals surface area (Å²) in [6.07, 6.45) is 0.733. The van der Waals surface area contributed by atoms with Crippen LogP contribution < -0.4 is 0 Å². The fraction of sp³-hybridized carbons (Fsp3) is 0.360. The highest BCUT2D eigenvalue weighted by Crippen LogP contribution is 2.39. The summed E-state index contributed by atoms with van der Waals surface area (Å²) in [7, 11) is 0. The highest BCUT2D eigenvalue weighted by Gasteiger charge is 2.45. The van der Waals surface area contributed by atoms with E-state index in [0.29, 0.717) is 17.1 Å². The zero-order chi connectivity index (χ0) is 22.7. The maximum Gasteiger partial charge on any atom is 0.295 e. The molecule has 2 aromatic rings. The number of benzene rings is 2. The number of likely N-dealkylation sites (tertiary alicyclic amines) is 1. The third kappa shape index (κ3) is 4.72. The first-order valence-corrected chi connectivity index (χ1v) is 11.2. The van der Waals surface area contributed by atoms with Crippen LogP contribution in [-0.2, 0) is 14.3 Å². The van der Waals surface area contributed by atoms with Crippen LogP contribution in [-0.4, -0.2) is 66.0 Å². The lowest BCUT2D eigenvalue weighted by molar-refractivity contribution is -0.140. The van der Waals surface area contributed by atoms with Crippen LogP contribution >= 0.6 is 11.6 Å². The molecule has 168 valence electrons. The number of halogens is 1. The Balaban J connectivity index is 1.66. The first-order chi connectivity index (χ1) is 15.5. The van der Waals surface area contributed by atoms with E-state index in [1.165, 1.54) is 0 Å². The quantitative estimate of drug-likeness (QED) is 0.408. The number of carbonyl (C=O) groups is 2. The lowest BCUT2D eigenvalue weighted by atomic mass is 9.94. The summed E-state index contributed by atoms with van der Waals surface area (Å²) in [6.45, 7) is 6.41. The number of amides is 1. The third-order valence-corrected chi connectivity index (χ3v) is 6.28. The van der Waals surface area contributed by atoms with Gasteiger partial charge >= 0.3 is 0 Å². The molecule has 0 saturated carbocycles. The van der Waals surface area contributed by atoms with E-state index in [9.17, 15) is 14.7 Å². The smallest absolute Gasteiger partial charge is 0.295 e. The average Bonchev–Trinajstić information content (AvgIpc) is 3.05. The zero-order valence-electron chi connectivity index (χ0n) is 18.1. The standard InChI is InChI=1S/C25H27ClN2O4/c1-17-3-5-18(6-4-17)22-21(23(29)19-7-9-20(26)10-8-19)24(30)25(31)28(22)12-2-11-27-13-15-32-16-14-27/h3-10,22,29H,2,11-16H2,1H3/b23-21+/t22-/m0/s1. The fourth-order valence-corrected chi connectivity index (χ4v) is 4.38. The summed E-state index contributed by atoms with van der Waals surface area (Å²) in [4.78, 5) is 30.0. The number of morpholine rings is 1. The van der Waals surface area contributed by atoms with Gasteiger partial charge in [0.05, 0.1) is 24.8 Å². The molecule has 1 N–H and O–H groups in total. The minimum atomic E-state index is -0.658. The van der Waals surface area contributed by atoms with E-state index < -0.39 is 17.7 Å². The number of aliphatic hydroxyl groups excluding tert-OH is 1. The van der Waals surface area contributed by atoms with Gasteiger partial charge in [0.15, 0.2) is 0 Å². The minimum absolute atomic E-state index is 0.118. The van der Waals surface area contributed by atoms with E-state index in [0.717, 1.165) is 50.4 Å². The number of ether oxygens (including phenoxy) is 1. The maximum atomic E-state index is 13.1. The molecule has 6 nitrogen and oxygen atoms in total. The van der Waals surface area contributed by atoms with Gasteiger partial charge in [0, 0.05) is 36.8 Å². The Morgan fingerprint density at radius 1 is 1.03 bits per heavy atom. The van der Waals surface area contributed by atoms with Gasteiger partial charge < -0.3 is 14.7 Å². The number of Topliss-reactive ketones (excluding diaryl/α,β-unsaturated/α-hetero) is 1. The molecule has 2 aromatic carbocycles. The molecule has 0 unspecified atom stereocenters. The lowest BCUT2D eigenvalue weighted by Gasteiger charge is -2.29. The van der Waals surface area contributed by atoms with Crippen LogP contribution in [0.2, 0.25) is 5.02 Å². The van der Waals surface area contributed by atoms with E-state index in [2.05, 4.69) is 4.90 Å². The van der Waals surface area contributed by atoms with Crippen LogP contribution in [0.25, 0.3) is 5.76 Å². The first kappa shape index (κ1) is 22.5. The zero-order valence-corrected chi connectivity index (χ0v) is 18.8. The van der Waals surface area contributed by atoms with Crippen LogP contribution in [0.3, 0.4) is 0 Å². The molecule has 2 fully saturated rings. The van der Waals surface area contributed by atoms with Crippen molar-refractivity contribution in [2.75, 3.05) is 39.4 Å². The van der Waals surface area contributed by atoms with Crippen LogP contribution in [0.1, 0.15) is 29.2 Å². The second kappa shape index (κ2) is 9.86. The van der Waals surface area contributed by atoms with Crippen molar-refractivity contribution in [2.24, 2.45) is 0 Å². The van der Waals surface area contributed by atoms with Gasteiger partial charge in [-0.15, -0.1) is 0 Å². The molecule has 1 amide bonds. The van der Waals surface area contributed by atoms with Crippen LogP contribution in [0.15, 0.2) is 54.1 Å². The largest absolute Gasteiger partial charge is 0.507 e. The Hall–Kier alpha value is -2.67. The molecule has 2 heterocycles. The molecule has 0 aromatic heterocycles. The second-order valence-corrected chi connectivity index (χ2v) is 8.65. The van der Waals surface area contributed by atoms with E-state index in [1.54, 1.807) is 29.2 Å². The molecule has 32 heavy (non-hydrogen) atoms. The van der Waals surface area contributed by atoms with Crippen molar-refractivity contribution >= 4 is 29.1 Å². The summed E-state index contributed by atoms with van der Waals surface area (Å²) in [5, 5.41) is 11.6. The first-order valence-electron chi connectivity index (χ1n) is 10.9. The maximum absolute atomic E-state index is 13.1. The number of hydrogen-bond donors (Lipinski definition) is 1. The van der Waals surface area contributed by atoms with Gasteiger partial charge in [0.1, 0.15) is 5.76 Å². The summed E-state index contributed by atoms with van der Waals surface area (Å²) >= 11 is 5.97. The molecule has 7 heteroatoms. The van der Waals surface area contributed by atoms with Crippen molar-refractivity contribution in [1.29, 1.82) is 0 Å². The molecule has 0 spiro atoms. The van der Waals surface area contributed by atoms with E-state index >= 15 is 0 Å². The number of nitrogens with zero attached hydrogens (tertiary/aromatic N) is 2. The van der Waals surface area contributed by atoms with Crippen molar-refractivity contribution in [1.82, 2.24) is 9.80 Å². The average molecular weight is 455 g/mol. The normalized spacial score (nSPS) is 21.3. The molecule has 0 radical (unpaired) electrons. The fourth-order valence-electron chi connectivity index (χ4n) is 4.26. The van der Waals surface area contributed by atoms with Crippen molar-refractivity contribution < 1.29 is 19.4 Å². The van der Waals surface area contributed by atoms with Crippen molar-refractivity contribution in [3.05, 3.63) is 75.8 Å². The van der Waals surface area contributed by atoms with Gasteiger partial charge in [-0.3, -0.25) is 14.5 Å². The van der Waals surface area contributed by atoms with Gasteiger partial charge in [-0.2, -0.15) is 0 Å². The Labute approximate surface area is 193 Å². The minimum Gasteiger partial charge on any atom is -0.507 e. The molecular formula is C25H27ClN2O4. The molecule has 2 saturated heterocycles. The Bertz CT molecular complexity index is 1010. The van der Waals surface area contributed by atoms with Crippen molar-refractivity contribution in [3.8, 4) is 0 Å². The highest BCUT2D eigenvalue weighted by molar-refractivity contribution is 6.46. The van der Waals surface area contributed by atoms with Crippen molar-refractivity contribution in [2.45, 2.75) is 19.4 Å². The lowest BCUT2D eigenvalue weighted by Crippen LogP contribution is -2.38. The monoisotopic (exact) mass is 454 g/mol. The molecular weight excluding hydrogens is 428 g/mol. The van der Waals surface area contributed by atoms with Crippen LogP contribution in [0.5, 0.6) is 0 Å². The highest BCUT2D eigenvalue weighted by atomic mass is 35.5. The van der Waals surface area contributed by atoms with Crippen LogP contribution in [0, 0.1) is 6.92 Å². The number of aryl methyl sites for hydroxylation is 1. The van der Waals surface area contributed by atoms with Gasteiger partial charge in [-0.25, -0.2) is 0 Å². The number of aliphatic hydroxyl groups is 1. The van der Waals surface area contributed by atoms with E-state index in [4.69, 9.17) is 16.3 Å². The Kier molecular flexibility index (Phi) is 6.94. The SMILES string of the molecule is Cc1ccc([C@H]2/C(=C(\O)c3ccc(Cl)cc3)C(=O)C(=O)N2CCCN2CCOCC2)cc1. The van der Waals surface area contributed by atoms with Gasteiger partial charge in [-0.1, -0.05) is 41.4 Å². The number of carbonyl (C=O) groups excluding carboxylic acids is 2. The van der Waals surface area contributed by atoms with Gasteiger partial charge in [-0.05, 0) is 43.2 Å². The predicted molar refractivity (Wildman–Crippen MR) is 124 cm³/mol. The molecule has 4 rings (SSSR count). The van der Waals surface area contributed by atoms with Crippen molar-refractivity contribution in [3.63, 3.8) is 0 Å². The molecule has 1 atom stereocenters. The summed E-state index contributed by atoms with van der Waals surface area (Å²) in [6, 6.07) is 13.7. The molecule has 0 bridgehead atoms. The second-order valence-electron chi connectivity index (χ2n) is 8.22. The van der Waals surface area contributed by atoms with E-state index in [-0.39, 0.29) is 11.3 Å². The number of hydrogen-bond acceptors (Lipinski definition) is 5. The topological polar surface area (TPSA) is 70.1 Å². The number of ketones is 1. The van der Waals surface area contributed by atoms with Gasteiger partial charge in [0.2, 0.25) is 0 Å². The summed E-state index contributed by atoms with van der Waals surface area (Å²) < 4.78 is 5.39. The third-order valence-electron chi connectivity index (χ3n) is 6.03. The summed E-state index contributed by atoms with van der Waals surface area (Å²) in [5.74, 6) is -1.41.